The second-order valence-corrected chi connectivity index (χ2v) is 7.58. The van der Waals surface area contributed by atoms with E-state index >= 15 is 0 Å². The van der Waals surface area contributed by atoms with E-state index in [0.717, 1.165) is 51.5 Å². The SMILES string of the molecule is CNCCC1CCN(CC(=O)NC2CCN(C(C)C)CC2)CC1. The molecule has 0 aliphatic carbocycles. The first-order chi connectivity index (χ1) is 11.1. The highest BCUT2D eigenvalue weighted by Gasteiger charge is 2.24. The molecule has 2 rings (SSSR count). The molecule has 5 nitrogen and oxygen atoms in total. The van der Waals surface area contributed by atoms with Gasteiger partial charge in [0, 0.05) is 25.2 Å². The van der Waals surface area contributed by atoms with Crippen molar-refractivity contribution in [3.05, 3.63) is 0 Å². The topological polar surface area (TPSA) is 47.6 Å². The quantitative estimate of drug-likeness (QED) is 0.741. The molecule has 1 amide bonds. The lowest BCUT2D eigenvalue weighted by Crippen LogP contribution is -2.49. The third kappa shape index (κ3) is 6.40. The Labute approximate surface area is 142 Å². The number of piperidine rings is 2. The van der Waals surface area contributed by atoms with Crippen molar-refractivity contribution in [1.82, 2.24) is 20.4 Å². The Hall–Kier alpha value is -0.650. The molecule has 2 saturated heterocycles. The predicted octanol–water partition coefficient (Wildman–Crippen LogP) is 1.30. The average molecular weight is 325 g/mol. The lowest BCUT2D eigenvalue weighted by molar-refractivity contribution is -0.123. The van der Waals surface area contributed by atoms with Gasteiger partial charge in [-0.1, -0.05) is 0 Å². The second kappa shape index (κ2) is 9.60. The molecule has 134 valence electrons. The molecule has 0 spiro atoms. The van der Waals surface area contributed by atoms with E-state index in [4.69, 9.17) is 0 Å². The van der Waals surface area contributed by atoms with Gasteiger partial charge in [-0.05, 0) is 78.6 Å². The molecule has 0 saturated carbocycles. The molecule has 0 atom stereocenters. The van der Waals surface area contributed by atoms with Crippen LogP contribution in [0.2, 0.25) is 0 Å². The second-order valence-electron chi connectivity index (χ2n) is 7.58. The van der Waals surface area contributed by atoms with Crippen molar-refractivity contribution in [3.63, 3.8) is 0 Å². The molecule has 2 heterocycles. The van der Waals surface area contributed by atoms with E-state index in [1.54, 1.807) is 0 Å². The van der Waals surface area contributed by atoms with Gasteiger partial charge >= 0.3 is 0 Å². The molecule has 2 aliphatic heterocycles. The Kier molecular flexibility index (Phi) is 7.80. The van der Waals surface area contributed by atoms with Crippen LogP contribution in [0.5, 0.6) is 0 Å². The summed E-state index contributed by atoms with van der Waals surface area (Å²) in [6, 6.07) is 1.00. The molecule has 0 aromatic carbocycles. The number of hydrogen-bond donors (Lipinski definition) is 2. The Morgan fingerprint density at radius 3 is 2.30 bits per heavy atom. The highest BCUT2D eigenvalue weighted by molar-refractivity contribution is 5.78. The summed E-state index contributed by atoms with van der Waals surface area (Å²) in [5, 5.41) is 6.49. The van der Waals surface area contributed by atoms with E-state index < -0.39 is 0 Å². The number of carbonyl (C=O) groups excluding carboxylic acids is 1. The van der Waals surface area contributed by atoms with Gasteiger partial charge in [-0.25, -0.2) is 0 Å². The van der Waals surface area contributed by atoms with Gasteiger partial charge in [0.2, 0.25) is 5.91 Å². The summed E-state index contributed by atoms with van der Waals surface area (Å²) in [6.07, 6.45) is 5.93. The van der Waals surface area contributed by atoms with Gasteiger partial charge in [-0.15, -0.1) is 0 Å². The van der Waals surface area contributed by atoms with Crippen molar-refractivity contribution < 1.29 is 4.79 Å². The fourth-order valence-corrected chi connectivity index (χ4v) is 3.82. The van der Waals surface area contributed by atoms with E-state index in [2.05, 4.69) is 34.3 Å². The zero-order valence-corrected chi connectivity index (χ0v) is 15.3. The number of rotatable bonds is 7. The van der Waals surface area contributed by atoms with Crippen molar-refractivity contribution in [1.29, 1.82) is 0 Å². The number of hydrogen-bond acceptors (Lipinski definition) is 4. The normalized spacial score (nSPS) is 22.6. The number of nitrogens with zero attached hydrogens (tertiary/aromatic N) is 2. The van der Waals surface area contributed by atoms with Gasteiger partial charge in [-0.3, -0.25) is 9.69 Å². The first kappa shape index (κ1) is 18.7. The molecular formula is C18H36N4O. The van der Waals surface area contributed by atoms with Gasteiger partial charge in [0.1, 0.15) is 0 Å². The predicted molar refractivity (Wildman–Crippen MR) is 95.6 cm³/mol. The minimum absolute atomic E-state index is 0.224. The third-order valence-electron chi connectivity index (χ3n) is 5.50. The smallest absolute Gasteiger partial charge is 0.234 e. The van der Waals surface area contributed by atoms with Crippen LogP contribution < -0.4 is 10.6 Å². The third-order valence-corrected chi connectivity index (χ3v) is 5.50. The van der Waals surface area contributed by atoms with Crippen molar-refractivity contribution in [2.45, 2.75) is 58.0 Å². The van der Waals surface area contributed by atoms with Gasteiger partial charge in [0.25, 0.3) is 0 Å². The summed E-state index contributed by atoms with van der Waals surface area (Å²) in [6.45, 7) is 10.6. The number of likely N-dealkylation sites (tertiary alicyclic amines) is 2. The van der Waals surface area contributed by atoms with Crippen LogP contribution in [0.15, 0.2) is 0 Å². The molecule has 2 aliphatic rings. The summed E-state index contributed by atoms with van der Waals surface area (Å²) in [5.41, 5.74) is 0. The van der Waals surface area contributed by atoms with E-state index in [0.29, 0.717) is 18.6 Å². The Morgan fingerprint density at radius 2 is 1.74 bits per heavy atom. The fourth-order valence-electron chi connectivity index (χ4n) is 3.82. The molecule has 2 N–H and O–H groups in total. The van der Waals surface area contributed by atoms with Crippen molar-refractivity contribution in [2.24, 2.45) is 5.92 Å². The molecule has 0 unspecified atom stereocenters. The molecule has 23 heavy (non-hydrogen) atoms. The van der Waals surface area contributed by atoms with E-state index in [1.807, 2.05) is 7.05 Å². The maximum absolute atomic E-state index is 12.3. The standard InChI is InChI=1S/C18H36N4O/c1-15(2)22-12-7-17(8-13-22)20-18(23)14-21-10-5-16(6-11-21)4-9-19-3/h15-17,19H,4-14H2,1-3H3,(H,20,23). The van der Waals surface area contributed by atoms with Crippen LogP contribution in [-0.4, -0.2) is 74.1 Å². The number of carbonyl (C=O) groups is 1. The van der Waals surface area contributed by atoms with E-state index in [-0.39, 0.29) is 5.91 Å². The summed E-state index contributed by atoms with van der Waals surface area (Å²) >= 11 is 0. The van der Waals surface area contributed by atoms with Gasteiger partial charge in [-0.2, -0.15) is 0 Å². The summed E-state index contributed by atoms with van der Waals surface area (Å²) < 4.78 is 0. The highest BCUT2D eigenvalue weighted by atomic mass is 16.2. The Morgan fingerprint density at radius 1 is 1.09 bits per heavy atom. The molecular weight excluding hydrogens is 288 g/mol. The molecule has 0 aromatic heterocycles. The number of nitrogens with one attached hydrogen (secondary N) is 2. The van der Waals surface area contributed by atoms with Crippen LogP contribution in [-0.2, 0) is 4.79 Å². The van der Waals surface area contributed by atoms with Crippen LogP contribution in [0.4, 0.5) is 0 Å². The lowest BCUT2D eigenvalue weighted by atomic mass is 9.93. The van der Waals surface area contributed by atoms with E-state index in [9.17, 15) is 4.79 Å². The molecule has 2 fully saturated rings. The van der Waals surface area contributed by atoms with Crippen LogP contribution in [0.25, 0.3) is 0 Å². The van der Waals surface area contributed by atoms with Crippen LogP contribution in [0.3, 0.4) is 0 Å². The molecule has 0 bridgehead atoms. The maximum atomic E-state index is 12.3. The minimum Gasteiger partial charge on any atom is -0.352 e. The van der Waals surface area contributed by atoms with Crippen molar-refractivity contribution in [3.8, 4) is 0 Å². The van der Waals surface area contributed by atoms with Gasteiger partial charge in [0.15, 0.2) is 0 Å². The van der Waals surface area contributed by atoms with Crippen molar-refractivity contribution in [2.75, 3.05) is 46.3 Å². The molecule has 0 radical (unpaired) electrons. The van der Waals surface area contributed by atoms with Crippen molar-refractivity contribution >= 4 is 5.91 Å². The Bertz CT molecular complexity index is 345. The molecule has 0 aromatic rings. The zero-order valence-electron chi connectivity index (χ0n) is 15.3. The summed E-state index contributed by atoms with van der Waals surface area (Å²) in [7, 11) is 2.02. The summed E-state index contributed by atoms with van der Waals surface area (Å²) in [4.78, 5) is 17.1. The van der Waals surface area contributed by atoms with E-state index in [1.165, 1.54) is 19.3 Å². The lowest BCUT2D eigenvalue weighted by Gasteiger charge is -2.35. The average Bonchev–Trinajstić information content (AvgIpc) is 2.54. The first-order valence-electron chi connectivity index (χ1n) is 9.49. The number of amides is 1. The monoisotopic (exact) mass is 324 g/mol. The van der Waals surface area contributed by atoms with Gasteiger partial charge in [0.05, 0.1) is 6.54 Å². The van der Waals surface area contributed by atoms with Gasteiger partial charge < -0.3 is 15.5 Å². The zero-order chi connectivity index (χ0) is 16.7. The van der Waals surface area contributed by atoms with Crippen LogP contribution >= 0.6 is 0 Å². The molecule has 5 heteroatoms. The fraction of sp³-hybridized carbons (Fsp3) is 0.944. The minimum atomic E-state index is 0.224. The first-order valence-corrected chi connectivity index (χ1v) is 9.49. The van der Waals surface area contributed by atoms with Crippen LogP contribution in [0, 0.1) is 5.92 Å². The highest BCUT2D eigenvalue weighted by Crippen LogP contribution is 2.19. The Balaban J connectivity index is 1.61. The largest absolute Gasteiger partial charge is 0.352 e. The summed E-state index contributed by atoms with van der Waals surface area (Å²) in [5.74, 6) is 1.06. The van der Waals surface area contributed by atoms with Crippen LogP contribution in [0.1, 0.15) is 46.0 Å². The maximum Gasteiger partial charge on any atom is 0.234 e.